The molecule has 0 amide bonds. The molecule has 0 bridgehead atoms. The summed E-state index contributed by atoms with van der Waals surface area (Å²) in [5.41, 5.74) is 7.97. The van der Waals surface area contributed by atoms with Gasteiger partial charge in [0.25, 0.3) is 0 Å². The Hall–Kier alpha value is -0.860. The van der Waals surface area contributed by atoms with Crippen LogP contribution in [0.1, 0.15) is 11.1 Å². The molecule has 0 heterocycles. The van der Waals surface area contributed by atoms with E-state index in [4.69, 9.17) is 5.73 Å². The van der Waals surface area contributed by atoms with Crippen molar-refractivity contribution in [2.75, 3.05) is 7.05 Å². The highest BCUT2D eigenvalue weighted by Crippen LogP contribution is 2.01. The van der Waals surface area contributed by atoms with Crippen molar-refractivity contribution in [3.05, 3.63) is 42.4 Å². The van der Waals surface area contributed by atoms with Crippen molar-refractivity contribution < 1.29 is 4.90 Å². The van der Waals surface area contributed by atoms with Gasteiger partial charge in [0, 0.05) is 19.2 Å². The minimum atomic E-state index is 0.618. The van der Waals surface area contributed by atoms with Crippen LogP contribution in [0, 0.1) is 7.05 Å². The lowest BCUT2D eigenvalue weighted by molar-refractivity contribution is -0.846. The van der Waals surface area contributed by atoms with E-state index in [0.29, 0.717) is 6.54 Å². The van der Waals surface area contributed by atoms with Gasteiger partial charge in [-0.05, 0) is 5.56 Å². The summed E-state index contributed by atoms with van der Waals surface area (Å²) >= 11 is 0. The summed E-state index contributed by atoms with van der Waals surface area (Å²) in [6.45, 7) is 1.58. The molecule has 1 aromatic rings. The van der Waals surface area contributed by atoms with Gasteiger partial charge in [-0.1, -0.05) is 24.3 Å². The molecule has 2 heteroatoms. The van der Waals surface area contributed by atoms with Crippen LogP contribution in [0.25, 0.3) is 0 Å². The molecule has 0 aliphatic carbocycles. The van der Waals surface area contributed by atoms with E-state index in [-0.39, 0.29) is 0 Å². The zero-order valence-electron chi connectivity index (χ0n) is 7.51. The number of hydrogen-bond acceptors (Lipinski definition) is 1. The molecule has 12 heavy (non-hydrogen) atoms. The third-order valence-electron chi connectivity index (χ3n) is 1.76. The van der Waals surface area contributed by atoms with Gasteiger partial charge in [0.2, 0.25) is 0 Å². The van der Waals surface area contributed by atoms with Crippen molar-refractivity contribution in [1.29, 1.82) is 0 Å². The smallest absolute Gasteiger partial charge is 0.0785 e. The van der Waals surface area contributed by atoms with Crippen LogP contribution in [0.4, 0.5) is 0 Å². The highest BCUT2D eigenvalue weighted by molar-refractivity contribution is 5.21. The summed E-state index contributed by atoms with van der Waals surface area (Å²) in [5, 5.41) is 0. The van der Waals surface area contributed by atoms with Gasteiger partial charge in [-0.25, -0.2) is 0 Å². The van der Waals surface area contributed by atoms with Crippen LogP contribution in [0.2, 0.25) is 0 Å². The summed E-state index contributed by atoms with van der Waals surface area (Å²) in [4.78, 5) is 1.19. The summed E-state index contributed by atoms with van der Waals surface area (Å²) in [6.07, 6.45) is 0. The van der Waals surface area contributed by atoms with Crippen molar-refractivity contribution in [3.63, 3.8) is 0 Å². The van der Waals surface area contributed by atoms with Crippen LogP contribution in [0.15, 0.2) is 24.3 Å². The second-order valence-electron chi connectivity index (χ2n) is 3.15. The number of nitrogens with two attached hydrogens (primary N) is 1. The fourth-order valence-electron chi connectivity index (χ4n) is 1.14. The minimum absolute atomic E-state index is 0.618. The first-order valence-corrected chi connectivity index (χ1v) is 4.14. The molecule has 2 nitrogen and oxygen atoms in total. The van der Waals surface area contributed by atoms with E-state index in [1.165, 1.54) is 16.0 Å². The van der Waals surface area contributed by atoms with Gasteiger partial charge in [0.15, 0.2) is 0 Å². The number of benzene rings is 1. The lowest BCUT2D eigenvalue weighted by Crippen LogP contribution is -3.01. The molecule has 0 aromatic heterocycles. The van der Waals surface area contributed by atoms with E-state index in [1.807, 2.05) is 7.05 Å². The van der Waals surface area contributed by atoms with E-state index in [9.17, 15) is 0 Å². The van der Waals surface area contributed by atoms with Crippen LogP contribution in [-0.2, 0) is 13.1 Å². The Labute approximate surface area is 74.0 Å². The van der Waals surface area contributed by atoms with Crippen molar-refractivity contribution in [2.24, 2.45) is 5.73 Å². The molecule has 0 aliphatic heterocycles. The Bertz CT molecular complexity index is 226. The lowest BCUT2D eigenvalue weighted by Gasteiger charge is -2.13. The Morgan fingerprint density at radius 3 is 2.17 bits per heavy atom. The molecule has 0 saturated heterocycles. The summed E-state index contributed by atoms with van der Waals surface area (Å²) in [5.74, 6) is 0. The maximum absolute atomic E-state index is 5.48. The first-order valence-electron chi connectivity index (χ1n) is 4.14. The van der Waals surface area contributed by atoms with E-state index in [0.717, 1.165) is 6.54 Å². The molecular weight excluding hydrogens is 148 g/mol. The highest BCUT2D eigenvalue weighted by Gasteiger charge is 1.94. The fraction of sp³-hybridized carbons (Fsp3) is 0.300. The highest BCUT2D eigenvalue weighted by atomic mass is 15.0. The van der Waals surface area contributed by atoms with Gasteiger partial charge in [0.05, 0.1) is 6.54 Å². The van der Waals surface area contributed by atoms with Crippen molar-refractivity contribution in [1.82, 2.24) is 0 Å². The standard InChI is InChI=1S/C10H16N2/c1-12(2)8-10-5-3-9(7-11)4-6-10/h3-6,12H,1,7-8,11H2,2H3. The van der Waals surface area contributed by atoms with Gasteiger partial charge in [-0.2, -0.15) is 7.05 Å². The van der Waals surface area contributed by atoms with Crippen LogP contribution in [-0.4, -0.2) is 7.05 Å². The second-order valence-corrected chi connectivity index (χ2v) is 3.15. The van der Waals surface area contributed by atoms with Gasteiger partial charge >= 0.3 is 0 Å². The van der Waals surface area contributed by atoms with Crippen molar-refractivity contribution in [2.45, 2.75) is 13.1 Å². The van der Waals surface area contributed by atoms with Gasteiger partial charge in [-0.3, -0.25) is 0 Å². The zero-order chi connectivity index (χ0) is 8.97. The maximum atomic E-state index is 5.48. The van der Waals surface area contributed by atoms with E-state index in [2.05, 4.69) is 31.3 Å². The van der Waals surface area contributed by atoms with E-state index < -0.39 is 0 Å². The van der Waals surface area contributed by atoms with Crippen LogP contribution < -0.4 is 10.6 Å². The zero-order valence-corrected chi connectivity index (χ0v) is 7.51. The molecule has 66 valence electrons. The van der Waals surface area contributed by atoms with Gasteiger partial charge in [-0.15, -0.1) is 0 Å². The average molecular weight is 164 g/mol. The Balaban J connectivity index is 2.65. The molecule has 0 fully saturated rings. The van der Waals surface area contributed by atoms with Crippen molar-refractivity contribution in [3.8, 4) is 0 Å². The molecule has 1 unspecified atom stereocenters. The number of nitrogens with one attached hydrogen (secondary N) is 1. The van der Waals surface area contributed by atoms with Crippen LogP contribution in [0.5, 0.6) is 0 Å². The number of hydrogen-bond donors (Lipinski definition) is 2. The third-order valence-corrected chi connectivity index (χ3v) is 1.76. The second kappa shape index (κ2) is 4.24. The summed E-state index contributed by atoms with van der Waals surface area (Å²) in [6, 6.07) is 8.35. The maximum Gasteiger partial charge on any atom is 0.0785 e. The topological polar surface area (TPSA) is 30.5 Å². The number of quaternary nitrogens is 1. The van der Waals surface area contributed by atoms with Crippen molar-refractivity contribution >= 4 is 0 Å². The monoisotopic (exact) mass is 164 g/mol. The molecule has 0 spiro atoms. The van der Waals surface area contributed by atoms with E-state index in [1.54, 1.807) is 0 Å². The SMILES string of the molecule is [CH2-][NH+](C)Cc1ccc(CN)cc1. The quantitative estimate of drug-likeness (QED) is 0.603. The third kappa shape index (κ3) is 2.64. The van der Waals surface area contributed by atoms with Gasteiger partial charge < -0.3 is 10.6 Å². The molecule has 0 radical (unpaired) electrons. The largest absolute Gasteiger partial charge is 0.467 e. The first kappa shape index (κ1) is 9.23. The summed E-state index contributed by atoms with van der Waals surface area (Å²) < 4.78 is 0. The van der Waals surface area contributed by atoms with E-state index >= 15 is 0 Å². The number of rotatable bonds is 3. The first-order chi connectivity index (χ1) is 5.72. The Kier molecular flexibility index (Phi) is 3.26. The molecule has 0 saturated carbocycles. The molecule has 1 rings (SSSR count). The molecule has 1 atom stereocenters. The predicted octanol–water partition coefficient (Wildman–Crippen LogP) is -0.0484. The van der Waals surface area contributed by atoms with Crippen LogP contribution in [0.3, 0.4) is 0 Å². The summed E-state index contributed by atoms with van der Waals surface area (Å²) in [7, 11) is 5.91. The molecule has 0 aliphatic rings. The Morgan fingerprint density at radius 1 is 1.25 bits per heavy atom. The molecular formula is C10H16N2. The minimum Gasteiger partial charge on any atom is -0.467 e. The van der Waals surface area contributed by atoms with Crippen LogP contribution >= 0.6 is 0 Å². The molecule has 1 aromatic carbocycles. The predicted molar refractivity (Wildman–Crippen MR) is 50.3 cm³/mol. The molecule has 3 N–H and O–H groups in total. The fourth-order valence-corrected chi connectivity index (χ4v) is 1.14. The van der Waals surface area contributed by atoms with Gasteiger partial charge in [0.1, 0.15) is 0 Å². The average Bonchev–Trinajstić information content (AvgIpc) is 2.05. The Morgan fingerprint density at radius 2 is 1.75 bits per heavy atom. The lowest BCUT2D eigenvalue weighted by atomic mass is 10.1. The normalized spacial score (nSPS) is 12.9.